The summed E-state index contributed by atoms with van der Waals surface area (Å²) in [5, 5.41) is 3.27. The van der Waals surface area contributed by atoms with Crippen molar-refractivity contribution in [2.24, 2.45) is 0 Å². The summed E-state index contributed by atoms with van der Waals surface area (Å²) >= 11 is 0. The molecule has 0 aliphatic carbocycles. The average molecular weight is 250 g/mol. The summed E-state index contributed by atoms with van der Waals surface area (Å²) in [7, 11) is 0. The number of nitrogens with zero attached hydrogens (tertiary/aromatic N) is 1. The van der Waals surface area contributed by atoms with E-state index in [1.54, 1.807) is 17.0 Å². The van der Waals surface area contributed by atoms with Gasteiger partial charge >= 0.3 is 0 Å². The number of hydrogen-bond donors (Lipinski definition) is 1. The van der Waals surface area contributed by atoms with Gasteiger partial charge in [0, 0.05) is 12.2 Å². The molecule has 2 rings (SSSR count). The molecule has 3 nitrogen and oxygen atoms in total. The Morgan fingerprint density at radius 1 is 1.39 bits per heavy atom. The van der Waals surface area contributed by atoms with E-state index < -0.39 is 0 Å². The van der Waals surface area contributed by atoms with Gasteiger partial charge in [-0.3, -0.25) is 4.79 Å². The molecule has 0 spiro atoms. The van der Waals surface area contributed by atoms with Crippen molar-refractivity contribution in [2.45, 2.75) is 32.2 Å². The van der Waals surface area contributed by atoms with E-state index >= 15 is 0 Å². The molecule has 1 aliphatic rings. The fraction of sp³-hybridized carbons (Fsp3) is 0.500. The van der Waals surface area contributed by atoms with E-state index in [1.165, 1.54) is 12.1 Å². The quantitative estimate of drug-likeness (QED) is 0.889. The zero-order valence-electron chi connectivity index (χ0n) is 10.7. The molecule has 0 aromatic heterocycles. The zero-order chi connectivity index (χ0) is 13.0. The van der Waals surface area contributed by atoms with Crippen LogP contribution >= 0.6 is 0 Å². The van der Waals surface area contributed by atoms with Crippen LogP contribution in [-0.4, -0.2) is 25.0 Å². The van der Waals surface area contributed by atoms with E-state index in [0.717, 1.165) is 38.0 Å². The normalized spacial score (nSPS) is 20.2. The average Bonchev–Trinajstić information content (AvgIpc) is 2.39. The second-order valence-electron chi connectivity index (χ2n) is 4.62. The van der Waals surface area contributed by atoms with E-state index in [0.29, 0.717) is 0 Å². The van der Waals surface area contributed by atoms with Gasteiger partial charge in [-0.05, 0) is 50.1 Å². The molecule has 1 aromatic carbocycles. The third-order valence-corrected chi connectivity index (χ3v) is 3.22. The minimum Gasteiger partial charge on any atom is -0.311 e. The molecule has 1 heterocycles. The Morgan fingerprint density at radius 2 is 2.11 bits per heavy atom. The smallest absolute Gasteiger partial charge is 0.244 e. The topological polar surface area (TPSA) is 32.3 Å². The Hall–Kier alpha value is -1.42. The van der Waals surface area contributed by atoms with E-state index in [2.05, 4.69) is 12.2 Å². The highest BCUT2D eigenvalue weighted by molar-refractivity contribution is 5.97. The molecule has 1 N–H and O–H groups in total. The van der Waals surface area contributed by atoms with Crippen molar-refractivity contribution in [1.29, 1.82) is 0 Å². The van der Waals surface area contributed by atoms with Crippen LogP contribution in [0.15, 0.2) is 24.3 Å². The highest BCUT2D eigenvalue weighted by Gasteiger charge is 2.28. The molecule has 1 atom stereocenters. The first kappa shape index (κ1) is 13.0. The first-order valence-corrected chi connectivity index (χ1v) is 6.52. The van der Waals surface area contributed by atoms with Crippen molar-refractivity contribution < 1.29 is 9.18 Å². The van der Waals surface area contributed by atoms with Gasteiger partial charge in [0.25, 0.3) is 0 Å². The number of anilines is 1. The summed E-state index contributed by atoms with van der Waals surface area (Å²) in [4.78, 5) is 14.0. The van der Waals surface area contributed by atoms with E-state index in [9.17, 15) is 9.18 Å². The summed E-state index contributed by atoms with van der Waals surface area (Å²) in [6, 6.07) is 6.02. The van der Waals surface area contributed by atoms with E-state index in [-0.39, 0.29) is 17.8 Å². The van der Waals surface area contributed by atoms with Gasteiger partial charge in [0.05, 0.1) is 6.04 Å². The van der Waals surface area contributed by atoms with Gasteiger partial charge in [0.1, 0.15) is 5.82 Å². The molecule has 1 saturated heterocycles. The number of rotatable bonds is 4. The molecule has 0 bridgehead atoms. The first-order valence-electron chi connectivity index (χ1n) is 6.52. The molecule has 0 saturated carbocycles. The predicted molar refractivity (Wildman–Crippen MR) is 70.1 cm³/mol. The largest absolute Gasteiger partial charge is 0.311 e. The number of hydrogen-bond acceptors (Lipinski definition) is 2. The lowest BCUT2D eigenvalue weighted by atomic mass is 10.0. The maximum atomic E-state index is 12.9. The second kappa shape index (κ2) is 5.96. The van der Waals surface area contributed by atoms with Gasteiger partial charge < -0.3 is 10.2 Å². The van der Waals surface area contributed by atoms with Crippen molar-refractivity contribution in [3.05, 3.63) is 30.1 Å². The zero-order valence-corrected chi connectivity index (χ0v) is 10.7. The standard InChI is InChI=1S/C14H19FN2O/c1-2-9-16-13-4-3-10-17(14(13)18)12-7-5-11(15)6-8-12/h5-8,13,16H,2-4,9-10H2,1H3. The van der Waals surface area contributed by atoms with Crippen LogP contribution in [0, 0.1) is 5.82 Å². The fourth-order valence-corrected chi connectivity index (χ4v) is 2.26. The van der Waals surface area contributed by atoms with Crippen molar-refractivity contribution in [1.82, 2.24) is 5.32 Å². The number of carbonyl (C=O) groups excluding carboxylic acids is 1. The van der Waals surface area contributed by atoms with Gasteiger partial charge in [-0.1, -0.05) is 6.92 Å². The highest BCUT2D eigenvalue weighted by atomic mass is 19.1. The minimum atomic E-state index is -0.274. The van der Waals surface area contributed by atoms with Crippen molar-refractivity contribution >= 4 is 11.6 Å². The molecule has 1 aromatic rings. The SMILES string of the molecule is CCCNC1CCCN(c2ccc(F)cc2)C1=O. The number of nitrogens with one attached hydrogen (secondary N) is 1. The fourth-order valence-electron chi connectivity index (χ4n) is 2.26. The van der Waals surface area contributed by atoms with Crippen LogP contribution in [-0.2, 0) is 4.79 Å². The lowest BCUT2D eigenvalue weighted by Gasteiger charge is -2.32. The second-order valence-corrected chi connectivity index (χ2v) is 4.62. The third-order valence-electron chi connectivity index (χ3n) is 3.22. The van der Waals surface area contributed by atoms with Gasteiger partial charge in [-0.15, -0.1) is 0 Å². The maximum Gasteiger partial charge on any atom is 0.244 e. The summed E-state index contributed by atoms with van der Waals surface area (Å²) in [6.07, 6.45) is 2.88. The lowest BCUT2D eigenvalue weighted by molar-refractivity contribution is -0.121. The monoisotopic (exact) mass is 250 g/mol. The molecular formula is C14H19FN2O. The molecule has 4 heteroatoms. The Kier molecular flexibility index (Phi) is 4.31. The van der Waals surface area contributed by atoms with Crippen LogP contribution in [0.25, 0.3) is 0 Å². The molecular weight excluding hydrogens is 231 g/mol. The number of halogens is 1. The highest BCUT2D eigenvalue weighted by Crippen LogP contribution is 2.21. The van der Waals surface area contributed by atoms with Gasteiger partial charge in [0.2, 0.25) is 5.91 Å². The van der Waals surface area contributed by atoms with Crippen LogP contribution < -0.4 is 10.2 Å². The molecule has 98 valence electrons. The van der Waals surface area contributed by atoms with Crippen LogP contribution in [0.1, 0.15) is 26.2 Å². The van der Waals surface area contributed by atoms with Crippen LogP contribution in [0.2, 0.25) is 0 Å². The Morgan fingerprint density at radius 3 is 2.78 bits per heavy atom. The van der Waals surface area contributed by atoms with Crippen molar-refractivity contribution in [3.8, 4) is 0 Å². The third kappa shape index (κ3) is 2.88. The molecule has 0 radical (unpaired) electrons. The minimum absolute atomic E-state index is 0.0937. The Balaban J connectivity index is 2.08. The van der Waals surface area contributed by atoms with Gasteiger partial charge in [-0.2, -0.15) is 0 Å². The summed E-state index contributed by atoms with van der Waals surface area (Å²) < 4.78 is 12.9. The Labute approximate surface area is 107 Å². The van der Waals surface area contributed by atoms with Crippen molar-refractivity contribution in [3.63, 3.8) is 0 Å². The van der Waals surface area contributed by atoms with Crippen LogP contribution in [0.5, 0.6) is 0 Å². The molecule has 1 fully saturated rings. The summed E-state index contributed by atoms with van der Waals surface area (Å²) in [6.45, 7) is 3.65. The number of amides is 1. The summed E-state index contributed by atoms with van der Waals surface area (Å²) in [5.41, 5.74) is 0.782. The number of carbonyl (C=O) groups is 1. The van der Waals surface area contributed by atoms with Gasteiger partial charge in [0.15, 0.2) is 0 Å². The lowest BCUT2D eigenvalue weighted by Crippen LogP contribution is -2.51. The molecule has 1 unspecified atom stereocenters. The molecule has 1 amide bonds. The number of piperidine rings is 1. The Bertz CT molecular complexity index is 405. The van der Waals surface area contributed by atoms with Crippen molar-refractivity contribution in [2.75, 3.05) is 18.0 Å². The van der Waals surface area contributed by atoms with E-state index in [4.69, 9.17) is 0 Å². The number of benzene rings is 1. The van der Waals surface area contributed by atoms with E-state index in [1.807, 2.05) is 0 Å². The molecule has 1 aliphatic heterocycles. The summed E-state index contributed by atoms with van der Waals surface area (Å²) in [5.74, 6) is -0.176. The predicted octanol–water partition coefficient (Wildman–Crippen LogP) is 2.32. The van der Waals surface area contributed by atoms with Gasteiger partial charge in [-0.25, -0.2) is 4.39 Å². The maximum absolute atomic E-state index is 12.9. The first-order chi connectivity index (χ1) is 8.72. The van der Waals surface area contributed by atoms with Crippen LogP contribution in [0.4, 0.5) is 10.1 Å². The molecule has 18 heavy (non-hydrogen) atoms. The van der Waals surface area contributed by atoms with Crippen LogP contribution in [0.3, 0.4) is 0 Å².